The summed E-state index contributed by atoms with van der Waals surface area (Å²) in [6.07, 6.45) is -0.568. The molecule has 1 N–H and O–H groups in total. The van der Waals surface area contributed by atoms with Crippen LogP contribution in [0.3, 0.4) is 0 Å². The summed E-state index contributed by atoms with van der Waals surface area (Å²) in [6.45, 7) is 6.48. The summed E-state index contributed by atoms with van der Waals surface area (Å²) in [4.78, 5) is 12.1. The Balaban J connectivity index is 1.74. The molecule has 5 heteroatoms. The molecule has 0 fully saturated rings. The van der Waals surface area contributed by atoms with Crippen molar-refractivity contribution in [3.05, 3.63) is 53.6 Å². The van der Waals surface area contributed by atoms with E-state index in [4.69, 9.17) is 14.2 Å². The standard InChI is InChI=1S/C20H25NO4/c1-14-5-6-15(2)19(13-14)25-16(3)20(22)21-11-12-24-18-9-7-17(23-4)8-10-18/h5-10,13,16H,11-12H2,1-4H3,(H,21,22). The highest BCUT2D eigenvalue weighted by molar-refractivity contribution is 5.80. The van der Waals surface area contributed by atoms with Crippen LogP contribution in [0.5, 0.6) is 17.2 Å². The average molecular weight is 343 g/mol. The zero-order chi connectivity index (χ0) is 18.2. The van der Waals surface area contributed by atoms with Crippen LogP contribution in [-0.2, 0) is 4.79 Å². The molecule has 0 saturated carbocycles. The third-order valence-electron chi connectivity index (χ3n) is 3.75. The van der Waals surface area contributed by atoms with E-state index < -0.39 is 6.10 Å². The second-order valence-corrected chi connectivity index (χ2v) is 5.84. The van der Waals surface area contributed by atoms with Gasteiger partial charge in [-0.05, 0) is 62.2 Å². The Hall–Kier alpha value is -2.69. The number of methoxy groups -OCH3 is 1. The van der Waals surface area contributed by atoms with Crippen molar-refractivity contribution >= 4 is 5.91 Å². The maximum absolute atomic E-state index is 12.1. The van der Waals surface area contributed by atoms with Crippen molar-refractivity contribution in [2.24, 2.45) is 0 Å². The number of rotatable bonds is 8. The van der Waals surface area contributed by atoms with Crippen LogP contribution in [0.25, 0.3) is 0 Å². The third-order valence-corrected chi connectivity index (χ3v) is 3.75. The van der Waals surface area contributed by atoms with Gasteiger partial charge in [0.2, 0.25) is 0 Å². The summed E-state index contributed by atoms with van der Waals surface area (Å²) in [5, 5.41) is 2.82. The van der Waals surface area contributed by atoms with E-state index in [1.807, 2.05) is 56.3 Å². The van der Waals surface area contributed by atoms with E-state index in [1.165, 1.54) is 0 Å². The van der Waals surface area contributed by atoms with Gasteiger partial charge < -0.3 is 19.5 Å². The molecule has 0 aliphatic heterocycles. The Kier molecular flexibility index (Phi) is 6.69. The van der Waals surface area contributed by atoms with Crippen molar-refractivity contribution in [2.45, 2.75) is 26.9 Å². The Bertz CT molecular complexity index is 697. The van der Waals surface area contributed by atoms with Crippen LogP contribution in [0.15, 0.2) is 42.5 Å². The number of ether oxygens (including phenoxy) is 3. The molecule has 0 aliphatic rings. The van der Waals surface area contributed by atoms with Crippen molar-refractivity contribution in [3.8, 4) is 17.2 Å². The predicted octanol–water partition coefficient (Wildman–Crippen LogP) is 3.27. The molecule has 1 unspecified atom stereocenters. The van der Waals surface area contributed by atoms with Crippen LogP contribution in [0.2, 0.25) is 0 Å². The number of amides is 1. The van der Waals surface area contributed by atoms with Crippen molar-refractivity contribution in [3.63, 3.8) is 0 Å². The average Bonchev–Trinajstić information content (AvgIpc) is 2.62. The molecule has 0 radical (unpaired) electrons. The molecule has 2 rings (SSSR count). The highest BCUT2D eigenvalue weighted by atomic mass is 16.5. The van der Waals surface area contributed by atoms with Crippen LogP contribution in [0.4, 0.5) is 0 Å². The van der Waals surface area contributed by atoms with Crippen LogP contribution in [0.1, 0.15) is 18.1 Å². The molecule has 25 heavy (non-hydrogen) atoms. The van der Waals surface area contributed by atoms with Crippen molar-refractivity contribution < 1.29 is 19.0 Å². The number of benzene rings is 2. The summed E-state index contributed by atoms with van der Waals surface area (Å²) >= 11 is 0. The first-order valence-corrected chi connectivity index (χ1v) is 8.28. The van der Waals surface area contributed by atoms with Crippen molar-refractivity contribution in [2.75, 3.05) is 20.3 Å². The number of hydrogen-bond donors (Lipinski definition) is 1. The molecule has 2 aromatic carbocycles. The lowest BCUT2D eigenvalue weighted by molar-refractivity contribution is -0.127. The second-order valence-electron chi connectivity index (χ2n) is 5.84. The Labute approximate surface area is 148 Å². The highest BCUT2D eigenvalue weighted by Crippen LogP contribution is 2.20. The minimum Gasteiger partial charge on any atom is -0.497 e. The molecule has 5 nitrogen and oxygen atoms in total. The first-order chi connectivity index (χ1) is 12.0. The number of hydrogen-bond acceptors (Lipinski definition) is 4. The lowest BCUT2D eigenvalue weighted by Crippen LogP contribution is -2.38. The van der Waals surface area contributed by atoms with Gasteiger partial charge in [-0.2, -0.15) is 0 Å². The molecule has 0 spiro atoms. The van der Waals surface area contributed by atoms with Crippen molar-refractivity contribution in [1.82, 2.24) is 5.32 Å². The van der Waals surface area contributed by atoms with Crippen LogP contribution in [0, 0.1) is 13.8 Å². The van der Waals surface area contributed by atoms with Gasteiger partial charge in [0.1, 0.15) is 23.9 Å². The molecule has 0 aliphatic carbocycles. The molecule has 0 bridgehead atoms. The van der Waals surface area contributed by atoms with E-state index in [9.17, 15) is 4.79 Å². The minimum atomic E-state index is -0.568. The molecule has 0 aromatic heterocycles. The lowest BCUT2D eigenvalue weighted by Gasteiger charge is -2.17. The fraction of sp³-hybridized carbons (Fsp3) is 0.350. The molecule has 0 heterocycles. The summed E-state index contributed by atoms with van der Waals surface area (Å²) < 4.78 is 16.4. The van der Waals surface area contributed by atoms with Gasteiger partial charge in [0, 0.05) is 0 Å². The molecule has 0 saturated heterocycles. The maximum atomic E-state index is 12.1. The van der Waals surface area contributed by atoms with Gasteiger partial charge in [0.05, 0.1) is 13.7 Å². The normalized spacial score (nSPS) is 11.5. The van der Waals surface area contributed by atoms with Gasteiger partial charge in [-0.15, -0.1) is 0 Å². The van der Waals surface area contributed by atoms with Crippen LogP contribution in [-0.4, -0.2) is 32.3 Å². The Morgan fingerprint density at radius 2 is 1.76 bits per heavy atom. The fourth-order valence-electron chi connectivity index (χ4n) is 2.24. The molecular weight excluding hydrogens is 318 g/mol. The topological polar surface area (TPSA) is 56.8 Å². The molecule has 134 valence electrons. The van der Waals surface area contributed by atoms with E-state index in [-0.39, 0.29) is 5.91 Å². The predicted molar refractivity (Wildman–Crippen MR) is 97.5 cm³/mol. The Morgan fingerprint density at radius 3 is 2.44 bits per heavy atom. The second kappa shape index (κ2) is 8.97. The van der Waals surface area contributed by atoms with Gasteiger partial charge in [0.25, 0.3) is 5.91 Å². The first-order valence-electron chi connectivity index (χ1n) is 8.28. The largest absolute Gasteiger partial charge is 0.497 e. The Morgan fingerprint density at radius 1 is 1.08 bits per heavy atom. The first kappa shape index (κ1) is 18.6. The molecule has 1 atom stereocenters. The molecule has 2 aromatic rings. The smallest absolute Gasteiger partial charge is 0.260 e. The van der Waals surface area contributed by atoms with Crippen LogP contribution >= 0.6 is 0 Å². The van der Waals surface area contributed by atoms with E-state index in [0.717, 1.165) is 28.4 Å². The maximum Gasteiger partial charge on any atom is 0.260 e. The highest BCUT2D eigenvalue weighted by Gasteiger charge is 2.15. The summed E-state index contributed by atoms with van der Waals surface area (Å²) in [7, 11) is 1.62. The van der Waals surface area contributed by atoms with Crippen molar-refractivity contribution in [1.29, 1.82) is 0 Å². The fourth-order valence-corrected chi connectivity index (χ4v) is 2.24. The van der Waals surface area contributed by atoms with Gasteiger partial charge in [-0.3, -0.25) is 4.79 Å². The number of carbonyl (C=O) groups excluding carboxylic acids is 1. The monoisotopic (exact) mass is 343 g/mol. The van der Waals surface area contributed by atoms with Crippen LogP contribution < -0.4 is 19.5 Å². The zero-order valence-electron chi connectivity index (χ0n) is 15.2. The molecule has 1 amide bonds. The summed E-state index contributed by atoms with van der Waals surface area (Å²) in [5.41, 5.74) is 2.11. The van der Waals surface area contributed by atoms with E-state index in [1.54, 1.807) is 14.0 Å². The summed E-state index contributed by atoms with van der Waals surface area (Å²) in [6, 6.07) is 13.2. The number of nitrogens with one attached hydrogen (secondary N) is 1. The summed E-state index contributed by atoms with van der Waals surface area (Å²) in [5.74, 6) is 2.07. The molecular formula is C20H25NO4. The van der Waals surface area contributed by atoms with Gasteiger partial charge in [-0.1, -0.05) is 12.1 Å². The van der Waals surface area contributed by atoms with Gasteiger partial charge in [0.15, 0.2) is 6.10 Å². The minimum absolute atomic E-state index is 0.167. The van der Waals surface area contributed by atoms with E-state index in [2.05, 4.69) is 5.32 Å². The zero-order valence-corrected chi connectivity index (χ0v) is 15.2. The van der Waals surface area contributed by atoms with E-state index in [0.29, 0.717) is 13.2 Å². The number of carbonyl (C=O) groups is 1. The third kappa shape index (κ3) is 5.71. The van der Waals surface area contributed by atoms with Gasteiger partial charge >= 0.3 is 0 Å². The quantitative estimate of drug-likeness (QED) is 0.748. The number of aryl methyl sites for hydroxylation is 2. The SMILES string of the molecule is COc1ccc(OCCNC(=O)C(C)Oc2cc(C)ccc2C)cc1. The van der Waals surface area contributed by atoms with E-state index >= 15 is 0 Å². The lowest BCUT2D eigenvalue weighted by atomic mass is 10.1. The van der Waals surface area contributed by atoms with Gasteiger partial charge in [-0.25, -0.2) is 0 Å².